The SMILES string of the molecule is O=c1[nH]c(C2CCCCC2)nc2c1CN(Cc1cncc(Br)c1)CC2. The summed E-state index contributed by atoms with van der Waals surface area (Å²) in [6.07, 6.45) is 10.6. The molecule has 4 rings (SSSR count). The van der Waals surface area contributed by atoms with Crippen LogP contribution in [-0.2, 0) is 19.5 Å². The van der Waals surface area contributed by atoms with E-state index in [1.807, 2.05) is 6.20 Å². The molecule has 0 radical (unpaired) electrons. The van der Waals surface area contributed by atoms with Gasteiger partial charge in [0.05, 0.1) is 11.3 Å². The number of fused-ring (bicyclic) bond motifs is 1. The third-order valence-electron chi connectivity index (χ3n) is 5.33. The molecule has 0 aromatic carbocycles. The highest BCUT2D eigenvalue weighted by atomic mass is 79.9. The van der Waals surface area contributed by atoms with Gasteiger partial charge in [-0.1, -0.05) is 19.3 Å². The first kappa shape index (κ1) is 16.9. The van der Waals surface area contributed by atoms with Crippen molar-refractivity contribution < 1.29 is 0 Å². The van der Waals surface area contributed by atoms with Crippen molar-refractivity contribution in [2.75, 3.05) is 6.54 Å². The summed E-state index contributed by atoms with van der Waals surface area (Å²) in [5, 5.41) is 0. The van der Waals surface area contributed by atoms with Gasteiger partial charge in [0.2, 0.25) is 0 Å². The molecule has 0 atom stereocenters. The van der Waals surface area contributed by atoms with Gasteiger partial charge in [-0.2, -0.15) is 0 Å². The lowest BCUT2D eigenvalue weighted by molar-refractivity contribution is 0.240. The molecule has 2 aromatic heterocycles. The molecule has 0 spiro atoms. The van der Waals surface area contributed by atoms with Crippen LogP contribution in [0, 0.1) is 0 Å². The van der Waals surface area contributed by atoms with Crippen LogP contribution >= 0.6 is 15.9 Å². The Kier molecular flexibility index (Phi) is 4.99. The maximum atomic E-state index is 12.6. The third kappa shape index (κ3) is 3.85. The van der Waals surface area contributed by atoms with E-state index >= 15 is 0 Å². The summed E-state index contributed by atoms with van der Waals surface area (Å²) in [4.78, 5) is 27.1. The van der Waals surface area contributed by atoms with Crippen molar-refractivity contribution in [1.82, 2.24) is 19.9 Å². The molecule has 1 aliphatic carbocycles. The van der Waals surface area contributed by atoms with E-state index < -0.39 is 0 Å². The number of aromatic nitrogens is 3. The Morgan fingerprint density at radius 1 is 1.24 bits per heavy atom. The van der Waals surface area contributed by atoms with Crippen LogP contribution in [0.15, 0.2) is 27.7 Å². The van der Waals surface area contributed by atoms with Crippen LogP contribution < -0.4 is 5.56 Å². The Labute approximate surface area is 156 Å². The molecule has 25 heavy (non-hydrogen) atoms. The smallest absolute Gasteiger partial charge is 0.255 e. The fraction of sp³-hybridized carbons (Fsp3) is 0.526. The number of H-pyrrole nitrogens is 1. The molecule has 0 bridgehead atoms. The Balaban J connectivity index is 1.52. The monoisotopic (exact) mass is 402 g/mol. The fourth-order valence-electron chi connectivity index (χ4n) is 4.01. The Hall–Kier alpha value is -1.53. The number of aromatic amines is 1. The molecule has 0 amide bonds. The van der Waals surface area contributed by atoms with Crippen LogP contribution in [0.2, 0.25) is 0 Å². The molecule has 2 aliphatic rings. The predicted octanol–water partition coefficient (Wildman–Crippen LogP) is 3.53. The predicted molar refractivity (Wildman–Crippen MR) is 100 cm³/mol. The summed E-state index contributed by atoms with van der Waals surface area (Å²) < 4.78 is 0.985. The average Bonchev–Trinajstić information content (AvgIpc) is 2.63. The molecule has 3 heterocycles. The average molecular weight is 403 g/mol. The maximum Gasteiger partial charge on any atom is 0.255 e. The van der Waals surface area contributed by atoms with Crippen molar-refractivity contribution in [3.8, 4) is 0 Å². The molecular formula is C19H23BrN4O. The Morgan fingerprint density at radius 3 is 2.88 bits per heavy atom. The van der Waals surface area contributed by atoms with Crippen LogP contribution in [0.4, 0.5) is 0 Å². The zero-order chi connectivity index (χ0) is 17.2. The van der Waals surface area contributed by atoms with E-state index in [-0.39, 0.29) is 5.56 Å². The van der Waals surface area contributed by atoms with E-state index in [1.54, 1.807) is 6.20 Å². The van der Waals surface area contributed by atoms with Crippen molar-refractivity contribution in [2.45, 2.75) is 57.5 Å². The topological polar surface area (TPSA) is 61.9 Å². The number of halogens is 1. The largest absolute Gasteiger partial charge is 0.310 e. The van der Waals surface area contributed by atoms with Crippen molar-refractivity contribution in [2.24, 2.45) is 0 Å². The van der Waals surface area contributed by atoms with Gasteiger partial charge in [0.25, 0.3) is 5.56 Å². The molecule has 0 saturated heterocycles. The van der Waals surface area contributed by atoms with E-state index in [9.17, 15) is 4.79 Å². The lowest BCUT2D eigenvalue weighted by Gasteiger charge is -2.28. The molecule has 6 heteroatoms. The van der Waals surface area contributed by atoms with Crippen molar-refractivity contribution in [3.05, 3.63) is 55.9 Å². The van der Waals surface area contributed by atoms with Crippen molar-refractivity contribution in [1.29, 1.82) is 0 Å². The van der Waals surface area contributed by atoms with E-state index in [0.717, 1.165) is 59.5 Å². The summed E-state index contributed by atoms with van der Waals surface area (Å²) >= 11 is 3.46. The molecule has 5 nitrogen and oxygen atoms in total. The lowest BCUT2D eigenvalue weighted by Crippen LogP contribution is -2.36. The Bertz CT molecular complexity index is 813. The van der Waals surface area contributed by atoms with E-state index in [2.05, 4.69) is 36.9 Å². The Morgan fingerprint density at radius 2 is 2.08 bits per heavy atom. The molecule has 0 unspecified atom stereocenters. The molecule has 1 fully saturated rings. The van der Waals surface area contributed by atoms with Crippen LogP contribution in [0.25, 0.3) is 0 Å². The first-order chi connectivity index (χ1) is 12.2. The second kappa shape index (κ2) is 7.38. The lowest BCUT2D eigenvalue weighted by atomic mass is 9.88. The van der Waals surface area contributed by atoms with Gasteiger partial charge in [0, 0.05) is 48.8 Å². The molecule has 1 aliphatic heterocycles. The zero-order valence-electron chi connectivity index (χ0n) is 14.3. The number of nitrogens with zero attached hydrogens (tertiary/aromatic N) is 3. The summed E-state index contributed by atoms with van der Waals surface area (Å²) in [5.74, 6) is 1.37. The first-order valence-electron chi connectivity index (χ1n) is 9.13. The number of nitrogens with one attached hydrogen (secondary N) is 1. The van der Waals surface area contributed by atoms with Gasteiger partial charge in [-0.05, 0) is 40.4 Å². The van der Waals surface area contributed by atoms with Gasteiger partial charge in [0.1, 0.15) is 5.82 Å². The summed E-state index contributed by atoms with van der Waals surface area (Å²) in [6.45, 7) is 2.39. The van der Waals surface area contributed by atoms with Gasteiger partial charge >= 0.3 is 0 Å². The molecular weight excluding hydrogens is 380 g/mol. The van der Waals surface area contributed by atoms with Gasteiger partial charge in [0.15, 0.2) is 0 Å². The maximum absolute atomic E-state index is 12.6. The normalized spacial score (nSPS) is 18.9. The number of hydrogen-bond acceptors (Lipinski definition) is 4. The number of hydrogen-bond donors (Lipinski definition) is 1. The second-order valence-electron chi connectivity index (χ2n) is 7.18. The highest BCUT2D eigenvalue weighted by Crippen LogP contribution is 2.30. The second-order valence-corrected chi connectivity index (χ2v) is 8.10. The summed E-state index contributed by atoms with van der Waals surface area (Å²) in [6, 6.07) is 2.08. The summed E-state index contributed by atoms with van der Waals surface area (Å²) in [7, 11) is 0. The molecule has 2 aromatic rings. The van der Waals surface area contributed by atoms with Crippen molar-refractivity contribution in [3.63, 3.8) is 0 Å². The van der Waals surface area contributed by atoms with Crippen LogP contribution in [-0.4, -0.2) is 26.4 Å². The number of rotatable bonds is 3. The van der Waals surface area contributed by atoms with Crippen LogP contribution in [0.5, 0.6) is 0 Å². The molecule has 1 saturated carbocycles. The van der Waals surface area contributed by atoms with Gasteiger partial charge in [-0.25, -0.2) is 4.98 Å². The van der Waals surface area contributed by atoms with Crippen LogP contribution in [0.1, 0.15) is 60.7 Å². The van der Waals surface area contributed by atoms with Gasteiger partial charge < -0.3 is 4.98 Å². The van der Waals surface area contributed by atoms with Crippen molar-refractivity contribution >= 4 is 15.9 Å². The minimum Gasteiger partial charge on any atom is -0.310 e. The molecule has 1 N–H and O–H groups in total. The van der Waals surface area contributed by atoms with E-state index in [1.165, 1.54) is 19.3 Å². The summed E-state index contributed by atoms with van der Waals surface area (Å²) in [5.41, 5.74) is 3.06. The number of pyridine rings is 1. The quantitative estimate of drug-likeness (QED) is 0.852. The van der Waals surface area contributed by atoms with E-state index in [4.69, 9.17) is 4.98 Å². The third-order valence-corrected chi connectivity index (χ3v) is 5.76. The highest BCUT2D eigenvalue weighted by molar-refractivity contribution is 9.10. The fourth-order valence-corrected chi connectivity index (χ4v) is 4.42. The molecule has 132 valence electrons. The van der Waals surface area contributed by atoms with E-state index in [0.29, 0.717) is 12.5 Å². The highest BCUT2D eigenvalue weighted by Gasteiger charge is 2.24. The van der Waals surface area contributed by atoms with Gasteiger partial charge in [-0.3, -0.25) is 14.7 Å². The minimum absolute atomic E-state index is 0.0580. The minimum atomic E-state index is 0.0580. The zero-order valence-corrected chi connectivity index (χ0v) is 15.9. The standard InChI is InChI=1S/C19H23BrN4O/c20-15-8-13(9-21-10-15)11-24-7-6-17-16(12-24)19(25)23-18(22-17)14-4-2-1-3-5-14/h8-10,14H,1-7,11-12H2,(H,22,23,25). The first-order valence-corrected chi connectivity index (χ1v) is 9.92. The van der Waals surface area contributed by atoms with Crippen LogP contribution in [0.3, 0.4) is 0 Å². The van der Waals surface area contributed by atoms with Gasteiger partial charge in [-0.15, -0.1) is 0 Å².